The number of para-hydroxylation sites is 1. The molecule has 2 amide bonds. The van der Waals surface area contributed by atoms with E-state index in [9.17, 15) is 14.7 Å². The van der Waals surface area contributed by atoms with Crippen LogP contribution in [0.4, 0.5) is 5.69 Å². The van der Waals surface area contributed by atoms with E-state index in [4.69, 9.17) is 0 Å². The molecule has 7 heteroatoms. The monoisotopic (exact) mass is 404 g/mol. The highest BCUT2D eigenvalue weighted by Gasteiger charge is 2.65. The van der Waals surface area contributed by atoms with E-state index in [1.165, 1.54) is 4.90 Å². The summed E-state index contributed by atoms with van der Waals surface area (Å²) in [5, 5.41) is 12.7. The fourth-order valence-corrected chi connectivity index (χ4v) is 4.57. The molecule has 154 valence electrons. The van der Waals surface area contributed by atoms with E-state index in [0.717, 1.165) is 33.7 Å². The maximum atomic E-state index is 13.0. The third kappa shape index (κ3) is 2.97. The Morgan fingerprint density at radius 1 is 1.33 bits per heavy atom. The summed E-state index contributed by atoms with van der Waals surface area (Å²) >= 11 is 0. The Kier molecular flexibility index (Phi) is 4.36. The molecule has 5 rings (SSSR count). The standard InChI is InChI=1S/C23H24N4O3/c1-14-6-7-17-18(10-14)26-20(25-17)8-9-24-21(29)12-27-19-5-3-2-4-15(19)16-11-23(16,13-28)22(27)30/h2-7,10,16,28H,8-9,11-13H2,1H3,(H,24,29)(H,25,26)/t16-,23+/m0/s1. The number of aryl methyl sites for hydroxylation is 1. The number of carbonyl (C=O) groups excluding carboxylic acids is 2. The summed E-state index contributed by atoms with van der Waals surface area (Å²) in [4.78, 5) is 34.9. The van der Waals surface area contributed by atoms with Crippen molar-refractivity contribution in [3.63, 3.8) is 0 Å². The maximum Gasteiger partial charge on any atom is 0.240 e. The molecule has 3 N–H and O–H groups in total. The molecule has 1 aliphatic heterocycles. The van der Waals surface area contributed by atoms with E-state index in [-0.39, 0.29) is 30.9 Å². The number of aliphatic hydroxyl groups excluding tert-OH is 1. The first-order valence-electron chi connectivity index (χ1n) is 10.3. The van der Waals surface area contributed by atoms with E-state index >= 15 is 0 Å². The maximum absolute atomic E-state index is 13.0. The van der Waals surface area contributed by atoms with Gasteiger partial charge in [0.1, 0.15) is 12.4 Å². The smallest absolute Gasteiger partial charge is 0.240 e. The zero-order valence-electron chi connectivity index (χ0n) is 16.8. The van der Waals surface area contributed by atoms with Crippen molar-refractivity contribution in [2.24, 2.45) is 5.41 Å². The van der Waals surface area contributed by atoms with Gasteiger partial charge in [-0.05, 0) is 42.7 Å². The molecule has 0 spiro atoms. The van der Waals surface area contributed by atoms with Crippen molar-refractivity contribution < 1.29 is 14.7 Å². The van der Waals surface area contributed by atoms with E-state index in [1.54, 1.807) is 0 Å². The van der Waals surface area contributed by atoms with Crippen LogP contribution in [0, 0.1) is 12.3 Å². The molecule has 2 heterocycles. The molecular weight excluding hydrogens is 380 g/mol. The number of hydrogen-bond acceptors (Lipinski definition) is 4. The molecule has 1 aliphatic carbocycles. The summed E-state index contributed by atoms with van der Waals surface area (Å²) in [6, 6.07) is 13.7. The van der Waals surface area contributed by atoms with Crippen molar-refractivity contribution in [3.8, 4) is 0 Å². The zero-order valence-corrected chi connectivity index (χ0v) is 16.8. The third-order valence-corrected chi connectivity index (χ3v) is 6.30. The number of nitrogens with one attached hydrogen (secondary N) is 2. The minimum Gasteiger partial charge on any atom is -0.395 e. The number of imidazole rings is 1. The van der Waals surface area contributed by atoms with Crippen molar-refractivity contribution in [3.05, 3.63) is 59.4 Å². The molecule has 0 bridgehead atoms. The van der Waals surface area contributed by atoms with Gasteiger partial charge in [-0.25, -0.2) is 4.98 Å². The highest BCUT2D eigenvalue weighted by atomic mass is 16.3. The summed E-state index contributed by atoms with van der Waals surface area (Å²) in [6.07, 6.45) is 1.22. The lowest BCUT2D eigenvalue weighted by molar-refractivity contribution is -0.128. The largest absolute Gasteiger partial charge is 0.395 e. The molecule has 2 aliphatic rings. The predicted molar refractivity (Wildman–Crippen MR) is 113 cm³/mol. The van der Waals surface area contributed by atoms with E-state index in [1.807, 2.05) is 49.4 Å². The van der Waals surface area contributed by atoms with Gasteiger partial charge in [-0.3, -0.25) is 9.59 Å². The van der Waals surface area contributed by atoms with E-state index in [0.29, 0.717) is 19.4 Å². The summed E-state index contributed by atoms with van der Waals surface area (Å²) in [5.74, 6) is 0.492. The molecule has 3 aromatic rings. The van der Waals surface area contributed by atoms with Crippen LogP contribution < -0.4 is 10.2 Å². The van der Waals surface area contributed by atoms with Crippen molar-refractivity contribution >= 4 is 28.5 Å². The van der Waals surface area contributed by atoms with Gasteiger partial charge >= 0.3 is 0 Å². The Labute approximate surface area is 174 Å². The van der Waals surface area contributed by atoms with Crippen LogP contribution in [0.2, 0.25) is 0 Å². The van der Waals surface area contributed by atoms with Crippen LogP contribution in [0.3, 0.4) is 0 Å². The van der Waals surface area contributed by atoms with Gasteiger partial charge in [0.2, 0.25) is 11.8 Å². The number of rotatable bonds is 6. The van der Waals surface area contributed by atoms with Gasteiger partial charge in [-0.1, -0.05) is 24.3 Å². The van der Waals surface area contributed by atoms with Crippen LogP contribution >= 0.6 is 0 Å². The SMILES string of the molecule is Cc1ccc2nc(CCNC(=O)CN3C(=O)[C@@]4(CO)C[C@H]4c4ccccc43)[nH]c2c1. The van der Waals surface area contributed by atoms with Crippen LogP contribution in [0.1, 0.15) is 29.3 Å². The van der Waals surface area contributed by atoms with Crippen molar-refractivity contribution in [1.82, 2.24) is 15.3 Å². The minimum atomic E-state index is -0.749. The van der Waals surface area contributed by atoms with Gasteiger partial charge in [-0.15, -0.1) is 0 Å². The first-order valence-corrected chi connectivity index (χ1v) is 10.3. The normalized spacial score (nSPS) is 22.0. The summed E-state index contributed by atoms with van der Waals surface area (Å²) in [5.41, 5.74) is 4.12. The molecule has 2 atom stereocenters. The van der Waals surface area contributed by atoms with E-state index in [2.05, 4.69) is 15.3 Å². The van der Waals surface area contributed by atoms with Crippen molar-refractivity contribution in [2.45, 2.75) is 25.7 Å². The number of aromatic amines is 1. The zero-order chi connectivity index (χ0) is 20.9. The number of hydrogen-bond donors (Lipinski definition) is 3. The molecule has 0 unspecified atom stereocenters. The number of nitrogens with zero attached hydrogens (tertiary/aromatic N) is 2. The number of aliphatic hydroxyl groups is 1. The summed E-state index contributed by atoms with van der Waals surface area (Å²) in [7, 11) is 0. The molecule has 1 saturated carbocycles. The summed E-state index contributed by atoms with van der Waals surface area (Å²) < 4.78 is 0. The average molecular weight is 404 g/mol. The number of amides is 2. The Morgan fingerprint density at radius 3 is 3.00 bits per heavy atom. The second-order valence-electron chi connectivity index (χ2n) is 8.33. The molecule has 7 nitrogen and oxygen atoms in total. The number of H-pyrrole nitrogens is 1. The fourth-order valence-electron chi connectivity index (χ4n) is 4.57. The summed E-state index contributed by atoms with van der Waals surface area (Å²) in [6.45, 7) is 2.22. The van der Waals surface area contributed by atoms with Crippen LogP contribution in [0.25, 0.3) is 11.0 Å². The molecule has 2 aromatic carbocycles. The molecule has 0 radical (unpaired) electrons. The first kappa shape index (κ1) is 18.8. The highest BCUT2D eigenvalue weighted by Crippen LogP contribution is 2.64. The Morgan fingerprint density at radius 2 is 2.17 bits per heavy atom. The van der Waals surface area contributed by atoms with Gasteiger partial charge in [0.15, 0.2) is 0 Å². The number of fused-ring (bicyclic) bond motifs is 4. The van der Waals surface area contributed by atoms with Gasteiger partial charge in [-0.2, -0.15) is 0 Å². The fraction of sp³-hybridized carbons (Fsp3) is 0.348. The van der Waals surface area contributed by atoms with Crippen LogP contribution in [-0.2, 0) is 16.0 Å². The van der Waals surface area contributed by atoms with Gasteiger partial charge in [0.05, 0.1) is 23.1 Å². The number of benzene rings is 2. The first-order chi connectivity index (χ1) is 14.5. The molecule has 1 aromatic heterocycles. The second kappa shape index (κ2) is 6.95. The van der Waals surface area contributed by atoms with Crippen LogP contribution in [0.5, 0.6) is 0 Å². The minimum absolute atomic E-state index is 0.0519. The lowest BCUT2D eigenvalue weighted by atomic mass is 9.92. The number of carbonyl (C=O) groups is 2. The molecule has 0 saturated heterocycles. The number of aromatic nitrogens is 2. The van der Waals surface area contributed by atoms with Gasteiger partial charge in [0.25, 0.3) is 0 Å². The van der Waals surface area contributed by atoms with Crippen molar-refractivity contribution in [2.75, 3.05) is 24.6 Å². The quantitative estimate of drug-likeness (QED) is 0.586. The average Bonchev–Trinajstić information content (AvgIpc) is 3.38. The lowest BCUT2D eigenvalue weighted by Crippen LogP contribution is -2.48. The topological polar surface area (TPSA) is 98.3 Å². The molecule has 30 heavy (non-hydrogen) atoms. The van der Waals surface area contributed by atoms with Gasteiger partial charge < -0.3 is 20.3 Å². The van der Waals surface area contributed by atoms with E-state index < -0.39 is 5.41 Å². The Hall–Kier alpha value is -3.19. The Bertz CT molecular complexity index is 1150. The third-order valence-electron chi connectivity index (χ3n) is 6.30. The number of anilines is 1. The predicted octanol–water partition coefficient (Wildman–Crippen LogP) is 2.04. The Balaban J connectivity index is 1.24. The lowest BCUT2D eigenvalue weighted by Gasteiger charge is -2.33. The van der Waals surface area contributed by atoms with Crippen LogP contribution in [0.15, 0.2) is 42.5 Å². The van der Waals surface area contributed by atoms with Crippen LogP contribution in [-0.4, -0.2) is 46.6 Å². The van der Waals surface area contributed by atoms with Gasteiger partial charge in [0, 0.05) is 24.6 Å². The molecular formula is C23H24N4O3. The highest BCUT2D eigenvalue weighted by molar-refractivity contribution is 6.07. The second-order valence-corrected chi connectivity index (χ2v) is 8.33. The molecule has 1 fully saturated rings. The van der Waals surface area contributed by atoms with Crippen molar-refractivity contribution in [1.29, 1.82) is 0 Å².